The van der Waals surface area contributed by atoms with Gasteiger partial charge < -0.3 is 9.72 Å². The number of hydrogen-bond donors (Lipinski definition) is 1. The van der Waals surface area contributed by atoms with E-state index in [0.29, 0.717) is 17.2 Å². The molecule has 1 N–H and O–H groups in total. The fourth-order valence-corrected chi connectivity index (χ4v) is 2.34. The molecule has 1 saturated carbocycles. The van der Waals surface area contributed by atoms with Crippen molar-refractivity contribution in [1.82, 2.24) is 9.97 Å². The third-order valence-corrected chi connectivity index (χ3v) is 3.97. The lowest BCUT2D eigenvalue weighted by Gasteiger charge is -2.07. The molecule has 0 radical (unpaired) electrons. The first-order chi connectivity index (χ1) is 7.72. The molecular weight excluding hydrogens is 288 g/mol. The predicted octanol–water partition coefficient (Wildman–Crippen LogP) is 3.36. The molecule has 1 aliphatic rings. The molecule has 0 spiro atoms. The number of halogens is 1. The Hall–Kier alpha value is -0.260. The highest BCUT2D eigenvalue weighted by Crippen LogP contribution is 2.42. The summed E-state index contributed by atoms with van der Waals surface area (Å²) in [5, 5.41) is 0. The van der Waals surface area contributed by atoms with Gasteiger partial charge in [0.2, 0.25) is 0 Å². The summed E-state index contributed by atoms with van der Waals surface area (Å²) in [7, 11) is 0. The molecule has 0 unspecified atom stereocenters. The van der Waals surface area contributed by atoms with Gasteiger partial charge in [0.25, 0.3) is 0 Å². The molecule has 1 aromatic rings. The van der Waals surface area contributed by atoms with Crippen molar-refractivity contribution in [2.75, 3.05) is 13.2 Å². The zero-order valence-electron chi connectivity index (χ0n) is 9.25. The van der Waals surface area contributed by atoms with Crippen molar-refractivity contribution in [3.05, 3.63) is 20.6 Å². The molecule has 16 heavy (non-hydrogen) atoms. The van der Waals surface area contributed by atoms with Gasteiger partial charge in [0.15, 0.2) is 0 Å². The van der Waals surface area contributed by atoms with Crippen LogP contribution in [-0.2, 0) is 11.2 Å². The molecule has 0 aromatic carbocycles. The third-order valence-electron chi connectivity index (χ3n) is 2.61. The Balaban J connectivity index is 2.16. The van der Waals surface area contributed by atoms with E-state index in [-0.39, 0.29) is 0 Å². The SMILES string of the molecule is CCOCCc1nc(=S)c(Br)c(C2CC2)[nH]1. The van der Waals surface area contributed by atoms with E-state index < -0.39 is 0 Å². The van der Waals surface area contributed by atoms with Gasteiger partial charge in [-0.3, -0.25) is 0 Å². The smallest absolute Gasteiger partial charge is 0.144 e. The maximum atomic E-state index is 5.32. The number of aromatic amines is 1. The van der Waals surface area contributed by atoms with Crippen molar-refractivity contribution < 1.29 is 4.74 Å². The van der Waals surface area contributed by atoms with E-state index in [0.717, 1.165) is 23.3 Å². The van der Waals surface area contributed by atoms with Crippen LogP contribution in [0.3, 0.4) is 0 Å². The van der Waals surface area contributed by atoms with Crippen LogP contribution in [0.1, 0.15) is 37.2 Å². The van der Waals surface area contributed by atoms with Crippen LogP contribution in [0.5, 0.6) is 0 Å². The number of ether oxygens (including phenoxy) is 1. The number of rotatable bonds is 5. The average molecular weight is 303 g/mol. The van der Waals surface area contributed by atoms with Gasteiger partial charge in [-0.1, -0.05) is 12.2 Å². The zero-order chi connectivity index (χ0) is 11.5. The van der Waals surface area contributed by atoms with Crippen molar-refractivity contribution in [2.45, 2.75) is 32.1 Å². The molecule has 1 fully saturated rings. The minimum absolute atomic E-state index is 0.643. The monoisotopic (exact) mass is 302 g/mol. The van der Waals surface area contributed by atoms with Crippen molar-refractivity contribution in [2.24, 2.45) is 0 Å². The molecule has 1 heterocycles. The maximum Gasteiger partial charge on any atom is 0.144 e. The highest BCUT2D eigenvalue weighted by atomic mass is 79.9. The molecule has 88 valence electrons. The van der Waals surface area contributed by atoms with Crippen LogP contribution < -0.4 is 0 Å². The fourth-order valence-electron chi connectivity index (χ4n) is 1.61. The van der Waals surface area contributed by atoms with Crippen molar-refractivity contribution in [3.63, 3.8) is 0 Å². The predicted molar refractivity (Wildman–Crippen MR) is 69.3 cm³/mol. The summed E-state index contributed by atoms with van der Waals surface area (Å²) in [5.41, 5.74) is 1.21. The summed E-state index contributed by atoms with van der Waals surface area (Å²) in [6.45, 7) is 3.43. The Labute approximate surface area is 109 Å². The van der Waals surface area contributed by atoms with Crippen LogP contribution in [0.2, 0.25) is 0 Å². The second-order valence-electron chi connectivity index (χ2n) is 3.94. The van der Waals surface area contributed by atoms with Crippen LogP contribution in [-0.4, -0.2) is 23.2 Å². The van der Waals surface area contributed by atoms with E-state index >= 15 is 0 Å². The molecule has 3 nitrogen and oxygen atoms in total. The summed E-state index contributed by atoms with van der Waals surface area (Å²) < 4.78 is 6.94. The van der Waals surface area contributed by atoms with Gasteiger partial charge in [-0.2, -0.15) is 0 Å². The van der Waals surface area contributed by atoms with E-state index in [1.807, 2.05) is 6.92 Å². The van der Waals surface area contributed by atoms with E-state index in [2.05, 4.69) is 25.9 Å². The number of nitrogens with one attached hydrogen (secondary N) is 1. The Morgan fingerprint density at radius 1 is 1.56 bits per heavy atom. The second kappa shape index (κ2) is 5.38. The Kier molecular flexibility index (Phi) is 4.10. The fraction of sp³-hybridized carbons (Fsp3) is 0.636. The molecule has 0 amide bonds. The molecule has 5 heteroatoms. The molecule has 0 saturated heterocycles. The molecule has 0 atom stereocenters. The molecule has 0 bridgehead atoms. The molecular formula is C11H15BrN2OS. The van der Waals surface area contributed by atoms with Crippen LogP contribution >= 0.6 is 28.1 Å². The topological polar surface area (TPSA) is 37.9 Å². The maximum absolute atomic E-state index is 5.32. The number of aromatic nitrogens is 2. The lowest BCUT2D eigenvalue weighted by atomic mass is 10.3. The van der Waals surface area contributed by atoms with Gasteiger partial charge >= 0.3 is 0 Å². The number of hydrogen-bond acceptors (Lipinski definition) is 3. The molecule has 0 aliphatic heterocycles. The summed E-state index contributed by atoms with van der Waals surface area (Å²) in [6.07, 6.45) is 3.29. The Morgan fingerprint density at radius 2 is 2.31 bits per heavy atom. The van der Waals surface area contributed by atoms with Crippen molar-refractivity contribution in [3.8, 4) is 0 Å². The normalized spacial score (nSPS) is 15.4. The van der Waals surface area contributed by atoms with E-state index in [9.17, 15) is 0 Å². The first kappa shape index (κ1) is 12.2. The third kappa shape index (κ3) is 2.90. The quantitative estimate of drug-likeness (QED) is 0.669. The van der Waals surface area contributed by atoms with Gasteiger partial charge in [0, 0.05) is 24.6 Å². The minimum atomic E-state index is 0.643. The highest BCUT2D eigenvalue weighted by molar-refractivity contribution is 9.10. The van der Waals surface area contributed by atoms with Crippen LogP contribution in [0, 0.1) is 4.64 Å². The van der Waals surface area contributed by atoms with Crippen LogP contribution in [0.25, 0.3) is 0 Å². The lowest BCUT2D eigenvalue weighted by Crippen LogP contribution is -2.05. The molecule has 1 aromatic heterocycles. The Morgan fingerprint density at radius 3 is 2.94 bits per heavy atom. The summed E-state index contributed by atoms with van der Waals surface area (Å²) in [6, 6.07) is 0. The summed E-state index contributed by atoms with van der Waals surface area (Å²) in [5.74, 6) is 1.58. The van der Waals surface area contributed by atoms with Crippen molar-refractivity contribution >= 4 is 28.1 Å². The first-order valence-electron chi connectivity index (χ1n) is 5.58. The minimum Gasteiger partial charge on any atom is -0.381 e. The molecule has 2 rings (SSSR count). The van der Waals surface area contributed by atoms with Gasteiger partial charge in [-0.25, -0.2) is 4.98 Å². The average Bonchev–Trinajstić information content (AvgIpc) is 3.07. The Bertz CT molecular complexity index is 428. The van der Waals surface area contributed by atoms with Crippen LogP contribution in [0.4, 0.5) is 0 Å². The van der Waals surface area contributed by atoms with E-state index in [4.69, 9.17) is 17.0 Å². The van der Waals surface area contributed by atoms with Crippen LogP contribution in [0.15, 0.2) is 4.47 Å². The largest absolute Gasteiger partial charge is 0.381 e. The lowest BCUT2D eigenvalue weighted by molar-refractivity contribution is 0.149. The number of H-pyrrole nitrogens is 1. The van der Waals surface area contributed by atoms with Crippen molar-refractivity contribution in [1.29, 1.82) is 0 Å². The summed E-state index contributed by atoms with van der Waals surface area (Å²) >= 11 is 8.74. The highest BCUT2D eigenvalue weighted by Gasteiger charge is 2.27. The van der Waals surface area contributed by atoms with Gasteiger partial charge in [0.05, 0.1) is 11.1 Å². The van der Waals surface area contributed by atoms with Gasteiger partial charge in [-0.15, -0.1) is 0 Å². The van der Waals surface area contributed by atoms with Gasteiger partial charge in [-0.05, 0) is 35.7 Å². The van der Waals surface area contributed by atoms with E-state index in [1.165, 1.54) is 18.5 Å². The number of nitrogens with zero attached hydrogens (tertiary/aromatic N) is 1. The first-order valence-corrected chi connectivity index (χ1v) is 6.78. The zero-order valence-corrected chi connectivity index (χ0v) is 11.7. The molecule has 1 aliphatic carbocycles. The van der Waals surface area contributed by atoms with E-state index in [1.54, 1.807) is 0 Å². The van der Waals surface area contributed by atoms with Gasteiger partial charge in [0.1, 0.15) is 10.5 Å². The second-order valence-corrected chi connectivity index (χ2v) is 5.12. The standard InChI is InChI=1S/C11H15BrN2OS/c1-2-15-6-5-8-13-10(7-3-4-7)9(12)11(16)14-8/h7H,2-6H2,1H3,(H,13,14,16). The summed E-state index contributed by atoms with van der Waals surface area (Å²) in [4.78, 5) is 7.72.